The molecule has 0 amide bonds. The third kappa shape index (κ3) is 3.84. The van der Waals surface area contributed by atoms with Gasteiger partial charge < -0.3 is 9.47 Å². The minimum atomic E-state index is -0.240. The fraction of sp³-hybridized carbons (Fsp3) is 0.533. The van der Waals surface area contributed by atoms with Crippen LogP contribution in [-0.4, -0.2) is 24.8 Å². The quantitative estimate of drug-likeness (QED) is 0.751. The van der Waals surface area contributed by atoms with Crippen molar-refractivity contribution in [2.45, 2.75) is 44.8 Å². The molecule has 0 N–H and O–H groups in total. The summed E-state index contributed by atoms with van der Waals surface area (Å²) in [7, 11) is 0. The number of ether oxygens (including phenoxy) is 2. The first-order chi connectivity index (χ1) is 8.75. The number of carbonyl (C=O) groups excluding carboxylic acids is 1. The molecule has 0 aliphatic carbocycles. The first-order valence-electron chi connectivity index (χ1n) is 6.63. The summed E-state index contributed by atoms with van der Waals surface area (Å²) in [5.41, 5.74) is 0.612. The van der Waals surface area contributed by atoms with Gasteiger partial charge in [-0.15, -0.1) is 0 Å². The number of rotatable bonds is 5. The van der Waals surface area contributed by atoms with Crippen LogP contribution in [0.5, 0.6) is 0 Å². The minimum absolute atomic E-state index is 0.0538. The van der Waals surface area contributed by atoms with Crippen molar-refractivity contribution in [1.29, 1.82) is 0 Å². The van der Waals surface area contributed by atoms with Gasteiger partial charge in [0.05, 0.1) is 17.8 Å². The van der Waals surface area contributed by atoms with Crippen molar-refractivity contribution in [1.82, 2.24) is 0 Å². The lowest BCUT2D eigenvalue weighted by Gasteiger charge is -2.15. The largest absolute Gasteiger partial charge is 0.459 e. The highest BCUT2D eigenvalue weighted by Gasteiger charge is 2.18. The van der Waals surface area contributed by atoms with E-state index < -0.39 is 0 Å². The smallest absolute Gasteiger partial charge is 0.338 e. The second-order valence-corrected chi connectivity index (χ2v) is 4.79. The Labute approximate surface area is 108 Å². The summed E-state index contributed by atoms with van der Waals surface area (Å²) in [6.07, 6.45) is 4.44. The van der Waals surface area contributed by atoms with Crippen LogP contribution in [0.25, 0.3) is 0 Å². The summed E-state index contributed by atoms with van der Waals surface area (Å²) in [4.78, 5) is 11.8. The molecule has 3 nitrogen and oxygen atoms in total. The van der Waals surface area contributed by atoms with Crippen molar-refractivity contribution in [3.8, 4) is 0 Å². The molecule has 98 valence electrons. The van der Waals surface area contributed by atoms with E-state index in [2.05, 4.69) is 0 Å². The van der Waals surface area contributed by atoms with Crippen LogP contribution in [0.4, 0.5) is 0 Å². The monoisotopic (exact) mass is 248 g/mol. The van der Waals surface area contributed by atoms with Gasteiger partial charge in [0.25, 0.3) is 0 Å². The van der Waals surface area contributed by atoms with Crippen LogP contribution in [0.3, 0.4) is 0 Å². The zero-order chi connectivity index (χ0) is 12.8. The van der Waals surface area contributed by atoms with Gasteiger partial charge in [0.2, 0.25) is 0 Å². The van der Waals surface area contributed by atoms with Gasteiger partial charge in [-0.1, -0.05) is 18.2 Å². The van der Waals surface area contributed by atoms with E-state index in [-0.39, 0.29) is 12.1 Å². The van der Waals surface area contributed by atoms with Crippen LogP contribution in [0.2, 0.25) is 0 Å². The van der Waals surface area contributed by atoms with Crippen LogP contribution < -0.4 is 0 Å². The van der Waals surface area contributed by atoms with Crippen LogP contribution in [0.1, 0.15) is 43.0 Å². The second kappa shape index (κ2) is 6.55. The molecular formula is C15H20O3. The Morgan fingerprint density at radius 3 is 2.89 bits per heavy atom. The molecule has 2 atom stereocenters. The van der Waals surface area contributed by atoms with Crippen molar-refractivity contribution in [2.75, 3.05) is 6.61 Å². The Kier molecular flexibility index (Phi) is 4.76. The average molecular weight is 248 g/mol. The Morgan fingerprint density at radius 2 is 2.22 bits per heavy atom. The molecule has 3 heteroatoms. The molecule has 1 aliphatic rings. The fourth-order valence-electron chi connectivity index (χ4n) is 2.18. The number of hydrogen-bond acceptors (Lipinski definition) is 3. The molecule has 0 bridgehead atoms. The molecule has 1 saturated heterocycles. The van der Waals surface area contributed by atoms with Gasteiger partial charge in [-0.3, -0.25) is 0 Å². The number of benzene rings is 1. The zero-order valence-corrected chi connectivity index (χ0v) is 10.8. The van der Waals surface area contributed by atoms with Crippen molar-refractivity contribution in [3.63, 3.8) is 0 Å². The molecule has 18 heavy (non-hydrogen) atoms. The maximum Gasteiger partial charge on any atom is 0.338 e. The third-order valence-electron chi connectivity index (χ3n) is 3.24. The number of carbonyl (C=O) groups is 1. The minimum Gasteiger partial charge on any atom is -0.459 e. The summed E-state index contributed by atoms with van der Waals surface area (Å²) < 4.78 is 11.0. The predicted octanol–water partition coefficient (Wildman–Crippen LogP) is 3.19. The summed E-state index contributed by atoms with van der Waals surface area (Å²) in [6, 6.07) is 9.11. The van der Waals surface area contributed by atoms with Crippen LogP contribution >= 0.6 is 0 Å². The Hall–Kier alpha value is -1.35. The third-order valence-corrected chi connectivity index (χ3v) is 3.24. The predicted molar refractivity (Wildman–Crippen MR) is 69.5 cm³/mol. The first kappa shape index (κ1) is 13.1. The summed E-state index contributed by atoms with van der Waals surface area (Å²) >= 11 is 0. The Morgan fingerprint density at radius 1 is 1.44 bits per heavy atom. The van der Waals surface area contributed by atoms with Crippen molar-refractivity contribution in [3.05, 3.63) is 35.9 Å². The molecular weight excluding hydrogens is 228 g/mol. The zero-order valence-electron chi connectivity index (χ0n) is 10.8. The van der Waals surface area contributed by atoms with Gasteiger partial charge in [0, 0.05) is 6.61 Å². The molecule has 0 saturated carbocycles. The maximum absolute atomic E-state index is 11.8. The van der Waals surface area contributed by atoms with E-state index in [1.165, 1.54) is 0 Å². The van der Waals surface area contributed by atoms with Crippen LogP contribution in [0, 0.1) is 0 Å². The Bertz CT molecular complexity index is 369. The molecule has 1 aromatic rings. The van der Waals surface area contributed by atoms with E-state index in [0.717, 1.165) is 32.3 Å². The highest BCUT2D eigenvalue weighted by atomic mass is 16.5. The van der Waals surface area contributed by atoms with E-state index in [9.17, 15) is 4.79 Å². The van der Waals surface area contributed by atoms with Gasteiger partial charge in [-0.2, -0.15) is 0 Å². The van der Waals surface area contributed by atoms with Crippen molar-refractivity contribution in [2.24, 2.45) is 0 Å². The lowest BCUT2D eigenvalue weighted by Crippen LogP contribution is -2.17. The molecule has 1 fully saturated rings. The summed E-state index contributed by atoms with van der Waals surface area (Å²) in [5.74, 6) is -0.240. The van der Waals surface area contributed by atoms with E-state index >= 15 is 0 Å². The highest BCUT2D eigenvalue weighted by Crippen LogP contribution is 2.18. The molecule has 2 unspecified atom stereocenters. The summed E-state index contributed by atoms with van der Waals surface area (Å²) in [6.45, 7) is 2.82. The van der Waals surface area contributed by atoms with Crippen LogP contribution in [0.15, 0.2) is 30.3 Å². The van der Waals surface area contributed by atoms with E-state index in [4.69, 9.17) is 9.47 Å². The van der Waals surface area contributed by atoms with Crippen molar-refractivity contribution >= 4 is 5.97 Å². The van der Waals surface area contributed by atoms with Gasteiger partial charge >= 0.3 is 5.97 Å². The topological polar surface area (TPSA) is 35.5 Å². The van der Waals surface area contributed by atoms with E-state index in [1.54, 1.807) is 12.1 Å². The molecule has 1 aromatic carbocycles. The fourth-order valence-corrected chi connectivity index (χ4v) is 2.18. The molecule has 1 aliphatic heterocycles. The van der Waals surface area contributed by atoms with Gasteiger partial charge in [-0.05, 0) is 44.7 Å². The normalized spacial score (nSPS) is 20.6. The Balaban J connectivity index is 1.73. The molecule has 1 heterocycles. The SMILES string of the molecule is CC(CCC1CCCO1)OC(=O)c1ccccc1. The first-order valence-corrected chi connectivity index (χ1v) is 6.63. The van der Waals surface area contributed by atoms with E-state index in [0.29, 0.717) is 11.7 Å². The number of esters is 1. The number of hydrogen-bond donors (Lipinski definition) is 0. The summed E-state index contributed by atoms with van der Waals surface area (Å²) in [5, 5.41) is 0. The molecule has 0 radical (unpaired) electrons. The van der Waals surface area contributed by atoms with Gasteiger partial charge in [0.1, 0.15) is 0 Å². The average Bonchev–Trinajstić information content (AvgIpc) is 2.90. The standard InChI is InChI=1S/C15H20O3/c1-12(9-10-14-8-5-11-17-14)18-15(16)13-6-3-2-4-7-13/h2-4,6-7,12,14H,5,8-11H2,1H3. The maximum atomic E-state index is 11.8. The lowest BCUT2D eigenvalue weighted by atomic mass is 10.1. The molecule has 2 rings (SSSR count). The molecule has 0 aromatic heterocycles. The van der Waals surface area contributed by atoms with Crippen molar-refractivity contribution < 1.29 is 14.3 Å². The van der Waals surface area contributed by atoms with Gasteiger partial charge in [-0.25, -0.2) is 4.79 Å². The lowest BCUT2D eigenvalue weighted by molar-refractivity contribution is 0.0265. The van der Waals surface area contributed by atoms with Crippen LogP contribution in [-0.2, 0) is 9.47 Å². The van der Waals surface area contributed by atoms with Gasteiger partial charge in [0.15, 0.2) is 0 Å². The van der Waals surface area contributed by atoms with E-state index in [1.807, 2.05) is 25.1 Å². The highest BCUT2D eigenvalue weighted by molar-refractivity contribution is 5.89. The molecule has 0 spiro atoms. The second-order valence-electron chi connectivity index (χ2n) is 4.79.